The molecule has 2 N–H and O–H groups in total. The summed E-state index contributed by atoms with van der Waals surface area (Å²) in [5, 5.41) is 5.89. The van der Waals surface area contributed by atoms with E-state index in [0.29, 0.717) is 44.6 Å². The molecule has 1 aliphatic heterocycles. The predicted octanol–water partition coefficient (Wildman–Crippen LogP) is 3.60. The van der Waals surface area contributed by atoms with Crippen molar-refractivity contribution in [2.24, 2.45) is 0 Å². The molecule has 1 fully saturated rings. The van der Waals surface area contributed by atoms with Gasteiger partial charge < -0.3 is 20.3 Å². The molecule has 0 radical (unpaired) electrons. The van der Waals surface area contributed by atoms with Gasteiger partial charge in [-0.2, -0.15) is 0 Å². The number of hydrogen-bond acceptors (Lipinski definition) is 4. The summed E-state index contributed by atoms with van der Waals surface area (Å²) in [6, 6.07) is 17.6. The topological polar surface area (TPSA) is 87.7 Å². The molecule has 1 saturated heterocycles. The highest BCUT2D eigenvalue weighted by Crippen LogP contribution is 2.19. The lowest BCUT2D eigenvalue weighted by Gasteiger charge is -2.31. The van der Waals surface area contributed by atoms with Crippen molar-refractivity contribution in [1.82, 2.24) is 15.5 Å². The van der Waals surface area contributed by atoms with Crippen LogP contribution in [0.25, 0.3) is 11.1 Å². The maximum Gasteiger partial charge on any atom is 0.409 e. The lowest BCUT2D eigenvalue weighted by Crippen LogP contribution is -2.46. The molecule has 7 heteroatoms. The quantitative estimate of drug-likeness (QED) is 0.618. The first-order chi connectivity index (χ1) is 15.6. The second-order valence-corrected chi connectivity index (χ2v) is 7.83. The predicted molar refractivity (Wildman–Crippen MR) is 123 cm³/mol. The number of benzene rings is 2. The van der Waals surface area contributed by atoms with Crippen LogP contribution in [0.2, 0.25) is 0 Å². The van der Waals surface area contributed by atoms with Crippen LogP contribution >= 0.6 is 0 Å². The molecule has 0 unspecified atom stereocenters. The molecule has 32 heavy (non-hydrogen) atoms. The normalized spacial score (nSPS) is 14.0. The number of likely N-dealkylation sites (tertiary alicyclic amines) is 1. The zero-order chi connectivity index (χ0) is 22.8. The largest absolute Gasteiger partial charge is 0.450 e. The Kier molecular flexibility index (Phi) is 8.66. The Morgan fingerprint density at radius 2 is 1.62 bits per heavy atom. The van der Waals surface area contributed by atoms with E-state index in [9.17, 15) is 14.4 Å². The van der Waals surface area contributed by atoms with Gasteiger partial charge in [0.25, 0.3) is 5.91 Å². The molecular formula is C25H31N3O4. The molecule has 2 aromatic carbocycles. The number of hydrogen-bond donors (Lipinski definition) is 2. The van der Waals surface area contributed by atoms with Crippen LogP contribution in [-0.2, 0) is 9.53 Å². The van der Waals surface area contributed by atoms with E-state index >= 15 is 0 Å². The molecule has 3 rings (SSSR count). The molecule has 0 atom stereocenters. The molecule has 0 aliphatic carbocycles. The molecule has 7 nitrogen and oxygen atoms in total. The van der Waals surface area contributed by atoms with Gasteiger partial charge >= 0.3 is 6.09 Å². The molecule has 3 amide bonds. The van der Waals surface area contributed by atoms with Crippen LogP contribution in [-0.4, -0.2) is 55.1 Å². The second kappa shape index (κ2) is 11.9. The van der Waals surface area contributed by atoms with Crippen LogP contribution in [0.3, 0.4) is 0 Å². The number of amides is 3. The average Bonchev–Trinajstić information content (AvgIpc) is 2.83. The minimum Gasteiger partial charge on any atom is -0.450 e. The number of nitrogens with zero attached hydrogens (tertiary/aromatic N) is 1. The molecule has 0 saturated carbocycles. The molecule has 0 spiro atoms. The van der Waals surface area contributed by atoms with Gasteiger partial charge in [-0.05, 0) is 49.4 Å². The molecule has 2 aromatic rings. The Hall–Kier alpha value is -3.35. The van der Waals surface area contributed by atoms with Crippen LogP contribution in [0, 0.1) is 0 Å². The molecule has 0 aromatic heterocycles. The Morgan fingerprint density at radius 1 is 0.969 bits per heavy atom. The first-order valence-corrected chi connectivity index (χ1v) is 11.2. The highest BCUT2D eigenvalue weighted by Gasteiger charge is 2.24. The van der Waals surface area contributed by atoms with Gasteiger partial charge in [0, 0.05) is 37.7 Å². The molecule has 170 valence electrons. The first-order valence-electron chi connectivity index (χ1n) is 11.2. The number of carbonyl (C=O) groups is 3. The third-order valence-corrected chi connectivity index (χ3v) is 5.51. The van der Waals surface area contributed by atoms with Crippen LogP contribution < -0.4 is 10.6 Å². The van der Waals surface area contributed by atoms with Gasteiger partial charge in [0.15, 0.2) is 0 Å². The summed E-state index contributed by atoms with van der Waals surface area (Å²) in [7, 11) is 0. The van der Waals surface area contributed by atoms with E-state index in [1.807, 2.05) is 54.6 Å². The minimum atomic E-state index is -0.289. The number of ether oxygens (including phenoxy) is 1. The molecular weight excluding hydrogens is 406 g/mol. The van der Waals surface area contributed by atoms with Gasteiger partial charge in [-0.15, -0.1) is 0 Å². The second-order valence-electron chi connectivity index (χ2n) is 7.83. The van der Waals surface area contributed by atoms with Crippen LogP contribution in [0.1, 0.15) is 43.0 Å². The summed E-state index contributed by atoms with van der Waals surface area (Å²) < 4.78 is 5.01. The van der Waals surface area contributed by atoms with E-state index in [1.54, 1.807) is 11.8 Å². The van der Waals surface area contributed by atoms with Gasteiger partial charge in [0.05, 0.1) is 6.61 Å². The lowest BCUT2D eigenvalue weighted by atomic mass is 10.0. The summed E-state index contributed by atoms with van der Waals surface area (Å²) in [5.41, 5.74) is 2.77. The minimum absolute atomic E-state index is 0.0268. The van der Waals surface area contributed by atoms with Crippen molar-refractivity contribution >= 4 is 17.9 Å². The summed E-state index contributed by atoms with van der Waals surface area (Å²) >= 11 is 0. The van der Waals surface area contributed by atoms with Crippen molar-refractivity contribution in [3.8, 4) is 11.1 Å². The number of nitrogens with one attached hydrogen (secondary N) is 2. The van der Waals surface area contributed by atoms with Crippen molar-refractivity contribution in [2.45, 2.75) is 38.6 Å². The van der Waals surface area contributed by atoms with Gasteiger partial charge in [-0.25, -0.2) is 4.79 Å². The SMILES string of the molecule is CCOC(=O)N1CCC(NC(=O)CCCNC(=O)c2ccc(-c3ccccc3)cc2)CC1. The Labute approximate surface area is 189 Å². The van der Waals surface area contributed by atoms with Crippen LogP contribution in [0.15, 0.2) is 54.6 Å². The zero-order valence-electron chi connectivity index (χ0n) is 18.5. The fourth-order valence-corrected chi connectivity index (χ4v) is 3.72. The fraction of sp³-hybridized carbons (Fsp3) is 0.400. The van der Waals surface area contributed by atoms with Gasteiger partial charge in [0.2, 0.25) is 5.91 Å². The monoisotopic (exact) mass is 437 g/mol. The highest BCUT2D eigenvalue weighted by molar-refractivity contribution is 5.94. The van der Waals surface area contributed by atoms with Gasteiger partial charge in [-0.3, -0.25) is 9.59 Å². The summed E-state index contributed by atoms with van der Waals surface area (Å²) in [6.07, 6.45) is 2.08. The molecule has 1 heterocycles. The fourth-order valence-electron chi connectivity index (χ4n) is 3.72. The van der Waals surface area contributed by atoms with Crippen molar-refractivity contribution < 1.29 is 19.1 Å². The van der Waals surface area contributed by atoms with Crippen LogP contribution in [0.5, 0.6) is 0 Å². The van der Waals surface area contributed by atoms with E-state index in [0.717, 1.165) is 24.0 Å². The Balaban J connectivity index is 1.32. The van der Waals surface area contributed by atoms with E-state index in [-0.39, 0.29) is 23.9 Å². The maximum absolute atomic E-state index is 12.3. The van der Waals surface area contributed by atoms with Gasteiger partial charge in [0.1, 0.15) is 0 Å². The summed E-state index contributed by atoms with van der Waals surface area (Å²) in [6.45, 7) is 3.76. The zero-order valence-corrected chi connectivity index (χ0v) is 18.5. The number of piperidine rings is 1. The maximum atomic E-state index is 12.3. The van der Waals surface area contributed by atoms with E-state index < -0.39 is 0 Å². The average molecular weight is 438 g/mol. The van der Waals surface area contributed by atoms with E-state index in [1.165, 1.54) is 0 Å². The third kappa shape index (κ3) is 6.83. The first kappa shape index (κ1) is 23.3. The number of rotatable bonds is 8. The van der Waals surface area contributed by atoms with Crippen molar-refractivity contribution in [2.75, 3.05) is 26.2 Å². The van der Waals surface area contributed by atoms with E-state index in [2.05, 4.69) is 10.6 Å². The van der Waals surface area contributed by atoms with Crippen LogP contribution in [0.4, 0.5) is 4.79 Å². The smallest absolute Gasteiger partial charge is 0.409 e. The Bertz CT molecular complexity index is 891. The summed E-state index contributed by atoms with van der Waals surface area (Å²) in [5.74, 6) is -0.169. The Morgan fingerprint density at radius 3 is 2.28 bits per heavy atom. The highest BCUT2D eigenvalue weighted by atomic mass is 16.6. The number of carbonyl (C=O) groups excluding carboxylic acids is 3. The standard InChI is InChI=1S/C25H31N3O4/c1-2-32-25(31)28-17-14-22(15-18-28)27-23(29)9-6-16-26-24(30)21-12-10-20(11-13-21)19-7-4-3-5-8-19/h3-5,7-8,10-13,22H,2,6,9,14-18H2,1H3,(H,26,30)(H,27,29). The van der Waals surface area contributed by atoms with Gasteiger partial charge in [-0.1, -0.05) is 42.5 Å². The van der Waals surface area contributed by atoms with Crippen molar-refractivity contribution in [3.63, 3.8) is 0 Å². The van der Waals surface area contributed by atoms with E-state index in [4.69, 9.17) is 4.74 Å². The van der Waals surface area contributed by atoms with Crippen molar-refractivity contribution in [1.29, 1.82) is 0 Å². The van der Waals surface area contributed by atoms with Crippen molar-refractivity contribution in [3.05, 3.63) is 60.2 Å². The summed E-state index contributed by atoms with van der Waals surface area (Å²) in [4.78, 5) is 37.9. The molecule has 1 aliphatic rings. The molecule has 0 bridgehead atoms. The third-order valence-electron chi connectivity index (χ3n) is 5.51. The lowest BCUT2D eigenvalue weighted by molar-refractivity contribution is -0.122.